The van der Waals surface area contributed by atoms with Crippen LogP contribution >= 0.6 is 0 Å². The van der Waals surface area contributed by atoms with E-state index in [9.17, 15) is 0 Å². The molecule has 1 nitrogen and oxygen atoms in total. The summed E-state index contributed by atoms with van der Waals surface area (Å²) in [5, 5.41) is 8.59. The topological polar surface area (TPSA) is 20.2 Å². The number of aliphatic hydroxyl groups is 1. The summed E-state index contributed by atoms with van der Waals surface area (Å²) in [6.45, 7) is 16.9. The van der Waals surface area contributed by atoms with Gasteiger partial charge in [-0.2, -0.15) is 0 Å². The summed E-state index contributed by atoms with van der Waals surface area (Å²) in [6.07, 6.45) is 7.68. The van der Waals surface area contributed by atoms with E-state index in [1.165, 1.54) is 35.1 Å². The first-order chi connectivity index (χ1) is 13.3. The lowest BCUT2D eigenvalue weighted by Gasteiger charge is -2.09. The van der Waals surface area contributed by atoms with Crippen LogP contribution in [0.25, 0.3) is 0 Å². The molecule has 1 atom stereocenters. The van der Waals surface area contributed by atoms with Crippen LogP contribution in [-0.2, 0) is 6.42 Å². The van der Waals surface area contributed by atoms with Crippen molar-refractivity contribution >= 4 is 0 Å². The summed E-state index contributed by atoms with van der Waals surface area (Å²) in [6, 6.07) is 16.7. The minimum atomic E-state index is 0.239. The van der Waals surface area contributed by atoms with Crippen LogP contribution < -0.4 is 0 Å². The van der Waals surface area contributed by atoms with Crippen LogP contribution in [0.2, 0.25) is 0 Å². The number of hydrogen-bond donors (Lipinski definition) is 1. The summed E-state index contributed by atoms with van der Waals surface area (Å²) in [4.78, 5) is 0. The van der Waals surface area contributed by atoms with E-state index in [2.05, 4.69) is 89.7 Å². The second kappa shape index (κ2) is 15.9. The fourth-order valence-electron chi connectivity index (χ4n) is 2.39. The molecule has 1 unspecified atom stereocenters. The highest BCUT2D eigenvalue weighted by Gasteiger charge is 2.03. The Hall–Kier alpha value is -2.12. The van der Waals surface area contributed by atoms with Gasteiger partial charge in [-0.25, -0.2) is 0 Å². The number of hydrogen-bond acceptors (Lipinski definition) is 1. The van der Waals surface area contributed by atoms with Crippen molar-refractivity contribution in [1.29, 1.82) is 0 Å². The minimum absolute atomic E-state index is 0.239. The van der Waals surface area contributed by atoms with Gasteiger partial charge in [0.05, 0.1) is 0 Å². The molecule has 2 aromatic carbocycles. The Balaban J connectivity index is 0.000000454. The summed E-state index contributed by atoms with van der Waals surface area (Å²) in [5.74, 6) is 0.466. The molecule has 0 aromatic heterocycles. The molecule has 0 amide bonds. The van der Waals surface area contributed by atoms with Crippen molar-refractivity contribution in [2.45, 2.75) is 66.7 Å². The third-order valence-electron chi connectivity index (χ3n) is 4.37. The molecule has 28 heavy (non-hydrogen) atoms. The Labute approximate surface area is 173 Å². The molecule has 0 saturated heterocycles. The molecule has 2 aromatic rings. The number of unbranched alkanes of at least 4 members (excludes halogenated alkanes) is 1. The van der Waals surface area contributed by atoms with E-state index in [-0.39, 0.29) is 6.61 Å². The van der Waals surface area contributed by atoms with E-state index < -0.39 is 0 Å². The van der Waals surface area contributed by atoms with Gasteiger partial charge in [-0.15, -0.1) is 0 Å². The molecule has 0 fully saturated rings. The van der Waals surface area contributed by atoms with Crippen LogP contribution in [0.15, 0.2) is 72.8 Å². The number of rotatable bonds is 6. The lowest BCUT2D eigenvalue weighted by Crippen LogP contribution is -1.92. The Kier molecular flexibility index (Phi) is 14.7. The maximum Gasteiger partial charge on any atom is 0.0471 e. The molecule has 154 valence electrons. The van der Waals surface area contributed by atoms with Crippen molar-refractivity contribution in [3.63, 3.8) is 0 Å². The summed E-state index contributed by atoms with van der Waals surface area (Å²) >= 11 is 0. The average molecular weight is 381 g/mol. The zero-order chi connectivity index (χ0) is 21.4. The lowest BCUT2D eigenvalue weighted by molar-refractivity contribution is 0.299. The highest BCUT2D eigenvalue weighted by molar-refractivity contribution is 5.32. The van der Waals surface area contributed by atoms with Crippen LogP contribution in [0, 0.1) is 13.8 Å². The quantitative estimate of drug-likeness (QED) is 0.512. The number of benzene rings is 2. The summed E-state index contributed by atoms with van der Waals surface area (Å²) < 4.78 is 0. The summed E-state index contributed by atoms with van der Waals surface area (Å²) in [5.41, 5.74) is 6.32. The van der Waals surface area contributed by atoms with Gasteiger partial charge in [0.1, 0.15) is 0 Å². The van der Waals surface area contributed by atoms with Crippen molar-refractivity contribution in [2.24, 2.45) is 0 Å². The molecule has 1 heteroatoms. The van der Waals surface area contributed by atoms with Crippen molar-refractivity contribution in [1.82, 2.24) is 0 Å². The Morgan fingerprint density at radius 1 is 1.00 bits per heavy atom. The van der Waals surface area contributed by atoms with E-state index in [1.54, 1.807) is 0 Å². The van der Waals surface area contributed by atoms with Gasteiger partial charge in [0, 0.05) is 6.61 Å². The largest absolute Gasteiger partial charge is 0.396 e. The van der Waals surface area contributed by atoms with Crippen LogP contribution in [0.3, 0.4) is 0 Å². The maximum atomic E-state index is 8.59. The zero-order valence-corrected chi connectivity index (χ0v) is 18.8. The molecule has 0 radical (unpaired) electrons. The molecule has 0 spiro atoms. The van der Waals surface area contributed by atoms with Gasteiger partial charge in [-0.1, -0.05) is 112 Å². The Morgan fingerprint density at radius 3 is 2.04 bits per heavy atom. The van der Waals surface area contributed by atoms with Crippen molar-refractivity contribution < 1.29 is 5.11 Å². The first-order valence-corrected chi connectivity index (χ1v) is 10.4. The zero-order valence-electron chi connectivity index (χ0n) is 18.8. The molecule has 0 heterocycles. The highest BCUT2D eigenvalue weighted by atomic mass is 16.2. The van der Waals surface area contributed by atoms with Gasteiger partial charge in [0.15, 0.2) is 0 Å². The fourth-order valence-corrected chi connectivity index (χ4v) is 2.39. The maximum absolute atomic E-state index is 8.59. The molecule has 0 aliphatic heterocycles. The number of aryl methyl sites for hydroxylation is 2. The van der Waals surface area contributed by atoms with Gasteiger partial charge in [0.2, 0.25) is 0 Å². The predicted molar refractivity (Wildman–Crippen MR) is 126 cm³/mol. The fraction of sp³-hybridized carbons (Fsp3) is 0.407. The molecular weight excluding hydrogens is 340 g/mol. The van der Waals surface area contributed by atoms with Gasteiger partial charge in [-0.05, 0) is 49.8 Å². The summed E-state index contributed by atoms with van der Waals surface area (Å²) in [7, 11) is 0. The standard InChI is InChI=1S/C14H18.C9H12O.C4H10/c1-11(2)9-10-13(4)14-8-6-5-7-12(14)3;1-8-2-4-9(5-3-8)6-7-10;1-3-4-2/h5-10,13H,1H2,2-4H3;2-5,10H,6-7H2,1H3;3-4H2,1-2H3/b10-9-;;. The molecular formula is C27H40O. The molecule has 2 rings (SSSR count). The molecule has 0 saturated carbocycles. The van der Waals surface area contributed by atoms with E-state index in [4.69, 9.17) is 5.11 Å². The smallest absolute Gasteiger partial charge is 0.0471 e. The van der Waals surface area contributed by atoms with Gasteiger partial charge < -0.3 is 5.11 Å². The predicted octanol–water partition coefficient (Wildman–Crippen LogP) is 7.57. The van der Waals surface area contributed by atoms with Crippen molar-refractivity contribution in [3.05, 3.63) is 95.1 Å². The van der Waals surface area contributed by atoms with Crippen molar-refractivity contribution in [3.8, 4) is 0 Å². The second-order valence-electron chi connectivity index (χ2n) is 7.31. The number of aliphatic hydroxyl groups excluding tert-OH is 1. The van der Waals surface area contributed by atoms with E-state index in [0.29, 0.717) is 5.92 Å². The third kappa shape index (κ3) is 12.3. The van der Waals surface area contributed by atoms with Crippen LogP contribution in [0.5, 0.6) is 0 Å². The van der Waals surface area contributed by atoms with E-state index >= 15 is 0 Å². The first kappa shape index (κ1) is 25.9. The highest BCUT2D eigenvalue weighted by Crippen LogP contribution is 2.20. The van der Waals surface area contributed by atoms with E-state index in [0.717, 1.165) is 12.0 Å². The Morgan fingerprint density at radius 2 is 1.57 bits per heavy atom. The van der Waals surface area contributed by atoms with Crippen LogP contribution in [0.4, 0.5) is 0 Å². The van der Waals surface area contributed by atoms with Crippen molar-refractivity contribution in [2.75, 3.05) is 6.61 Å². The molecule has 1 N–H and O–H groups in total. The second-order valence-corrected chi connectivity index (χ2v) is 7.31. The molecule has 0 bridgehead atoms. The van der Waals surface area contributed by atoms with Crippen LogP contribution in [-0.4, -0.2) is 11.7 Å². The van der Waals surface area contributed by atoms with Gasteiger partial charge in [0.25, 0.3) is 0 Å². The van der Waals surface area contributed by atoms with E-state index in [1.807, 2.05) is 19.1 Å². The number of allylic oxidation sites excluding steroid dienone is 3. The minimum Gasteiger partial charge on any atom is -0.396 e. The first-order valence-electron chi connectivity index (χ1n) is 10.4. The molecule has 0 aliphatic rings. The Bertz CT molecular complexity index is 678. The molecule has 0 aliphatic carbocycles. The monoisotopic (exact) mass is 380 g/mol. The normalized spacial score (nSPS) is 11.1. The van der Waals surface area contributed by atoms with Crippen LogP contribution in [0.1, 0.15) is 68.7 Å². The average Bonchev–Trinajstić information content (AvgIpc) is 2.69. The van der Waals surface area contributed by atoms with Gasteiger partial charge >= 0.3 is 0 Å². The SMILES string of the molecule is C=C(C)/C=C\C(C)c1ccccc1C.CCCC.Cc1ccc(CCO)cc1. The van der Waals surface area contributed by atoms with Gasteiger partial charge in [-0.3, -0.25) is 0 Å². The third-order valence-corrected chi connectivity index (χ3v) is 4.37. The lowest BCUT2D eigenvalue weighted by atomic mass is 9.96.